The van der Waals surface area contributed by atoms with Gasteiger partial charge in [-0.3, -0.25) is 4.79 Å². The normalized spacial score (nSPS) is 15.9. The summed E-state index contributed by atoms with van der Waals surface area (Å²) < 4.78 is 8.01. The second-order valence-electron chi connectivity index (χ2n) is 11.6. The van der Waals surface area contributed by atoms with Gasteiger partial charge in [0.25, 0.3) is 0 Å². The number of ether oxygens (including phenoxy) is 1. The van der Waals surface area contributed by atoms with Crippen molar-refractivity contribution < 1.29 is 4.74 Å². The van der Waals surface area contributed by atoms with E-state index in [4.69, 9.17) is 10.1 Å². The van der Waals surface area contributed by atoms with Crippen LogP contribution in [0.4, 0.5) is 0 Å². The monoisotopic (exact) mass is 461 g/mol. The Balaban J connectivity index is 2.22. The highest BCUT2D eigenvalue weighted by atomic mass is 16.5. The molecule has 0 saturated heterocycles. The maximum Gasteiger partial charge on any atom is 0.189 e. The smallest absolute Gasteiger partial charge is 0.189 e. The number of nitrogens with one attached hydrogen (secondary N) is 2. The number of aromatic nitrogens is 1. The van der Waals surface area contributed by atoms with Crippen molar-refractivity contribution in [2.75, 3.05) is 13.7 Å². The Labute approximate surface area is 204 Å². The molecule has 34 heavy (non-hydrogen) atoms. The second-order valence-corrected chi connectivity index (χ2v) is 11.6. The zero-order valence-corrected chi connectivity index (χ0v) is 21.9. The lowest BCUT2D eigenvalue weighted by Gasteiger charge is -2.39. The fraction of sp³-hybridized carbons (Fsp3) is 0.448. The van der Waals surface area contributed by atoms with Gasteiger partial charge in [-0.2, -0.15) is 0 Å². The molecule has 5 nitrogen and oxygen atoms in total. The molecule has 2 heterocycles. The van der Waals surface area contributed by atoms with E-state index in [1.165, 1.54) is 6.21 Å². The largest absolute Gasteiger partial charge is 0.496 e. The lowest BCUT2D eigenvalue weighted by molar-refractivity contribution is 0.237. The number of fused-ring (bicyclic) bond motifs is 3. The first kappa shape index (κ1) is 25.5. The standard InChI is InChI=1S/C29H39N3O2/c1-18(2)23-16-32-24(13-25(23)33)21-12-26(34-9)22(10-19(21)11-27(32)29(6,7)8)20(14-30)15-31-17-28(3,4)5/h10,12-16,27,30-31H,1,11,17H2,2-9H3/b20-15+,30-14?. The molecule has 2 aromatic rings. The molecule has 0 aliphatic carbocycles. The Hall–Kier alpha value is -3.08. The number of hydrogen-bond donors (Lipinski definition) is 2. The molecular formula is C29H39N3O2. The Morgan fingerprint density at radius 2 is 1.88 bits per heavy atom. The summed E-state index contributed by atoms with van der Waals surface area (Å²) in [5.41, 5.74) is 6.20. The van der Waals surface area contributed by atoms with Gasteiger partial charge in [0.05, 0.1) is 12.8 Å². The minimum atomic E-state index is -0.0254. The van der Waals surface area contributed by atoms with Gasteiger partial charge in [0.2, 0.25) is 0 Å². The minimum Gasteiger partial charge on any atom is -0.496 e. The van der Waals surface area contributed by atoms with E-state index in [0.717, 1.165) is 46.5 Å². The fourth-order valence-corrected chi connectivity index (χ4v) is 4.46. The van der Waals surface area contributed by atoms with Gasteiger partial charge < -0.3 is 20.0 Å². The molecule has 1 aliphatic heterocycles. The van der Waals surface area contributed by atoms with E-state index >= 15 is 0 Å². The zero-order valence-electron chi connectivity index (χ0n) is 21.9. The lowest BCUT2D eigenvalue weighted by atomic mass is 9.78. The highest BCUT2D eigenvalue weighted by molar-refractivity contribution is 6.09. The van der Waals surface area contributed by atoms with Crippen molar-refractivity contribution in [2.45, 2.75) is 60.9 Å². The molecule has 2 N–H and O–H groups in total. The second kappa shape index (κ2) is 9.28. The van der Waals surface area contributed by atoms with Crippen molar-refractivity contribution in [2.24, 2.45) is 10.8 Å². The van der Waals surface area contributed by atoms with Crippen LogP contribution in [0.3, 0.4) is 0 Å². The summed E-state index contributed by atoms with van der Waals surface area (Å²) in [6.45, 7) is 19.9. The Morgan fingerprint density at radius 1 is 1.21 bits per heavy atom. The van der Waals surface area contributed by atoms with Crippen molar-refractivity contribution >= 4 is 17.4 Å². The van der Waals surface area contributed by atoms with Crippen molar-refractivity contribution in [3.63, 3.8) is 0 Å². The Morgan fingerprint density at radius 3 is 2.41 bits per heavy atom. The molecule has 0 amide bonds. The Kier molecular flexibility index (Phi) is 6.97. The van der Waals surface area contributed by atoms with Crippen LogP contribution in [0, 0.1) is 16.2 Å². The highest BCUT2D eigenvalue weighted by Crippen LogP contribution is 2.45. The number of hydrogen-bond acceptors (Lipinski definition) is 4. The molecule has 5 heteroatoms. The quantitative estimate of drug-likeness (QED) is 0.494. The van der Waals surface area contributed by atoms with Crippen LogP contribution in [0.25, 0.3) is 22.4 Å². The van der Waals surface area contributed by atoms with E-state index in [1.54, 1.807) is 13.2 Å². The van der Waals surface area contributed by atoms with E-state index < -0.39 is 0 Å². The van der Waals surface area contributed by atoms with Gasteiger partial charge >= 0.3 is 0 Å². The third kappa shape index (κ3) is 5.19. The first-order chi connectivity index (χ1) is 15.8. The summed E-state index contributed by atoms with van der Waals surface area (Å²) in [6.07, 6.45) is 6.05. The van der Waals surface area contributed by atoms with Gasteiger partial charge in [0, 0.05) is 59.5 Å². The van der Waals surface area contributed by atoms with Crippen LogP contribution in [0.2, 0.25) is 0 Å². The minimum absolute atomic E-state index is 0.0197. The Bertz CT molecular complexity index is 1200. The molecule has 0 saturated carbocycles. The summed E-state index contributed by atoms with van der Waals surface area (Å²) in [5, 5.41) is 11.4. The average Bonchev–Trinajstić information content (AvgIpc) is 2.73. The van der Waals surface area contributed by atoms with Gasteiger partial charge in [0.15, 0.2) is 5.43 Å². The van der Waals surface area contributed by atoms with Crippen LogP contribution in [0.1, 0.15) is 71.2 Å². The third-order valence-electron chi connectivity index (χ3n) is 6.35. The first-order valence-electron chi connectivity index (χ1n) is 11.8. The molecule has 0 fully saturated rings. The maximum absolute atomic E-state index is 12.9. The summed E-state index contributed by atoms with van der Waals surface area (Å²) >= 11 is 0. The van der Waals surface area contributed by atoms with Crippen LogP contribution < -0.4 is 15.5 Å². The fourth-order valence-electron chi connectivity index (χ4n) is 4.46. The SMILES string of the molecule is C=C(C)c1cn2c(cc1=O)-c1cc(OC)c(/C(C=N)=C/NCC(C)(C)C)cc1CC2C(C)(C)C. The van der Waals surface area contributed by atoms with Crippen molar-refractivity contribution in [3.8, 4) is 17.0 Å². The van der Waals surface area contributed by atoms with Gasteiger partial charge in [-0.25, -0.2) is 0 Å². The van der Waals surface area contributed by atoms with E-state index in [0.29, 0.717) is 11.3 Å². The predicted octanol–water partition coefficient (Wildman–Crippen LogP) is 6.33. The molecule has 3 rings (SSSR count). The molecule has 0 spiro atoms. The predicted molar refractivity (Wildman–Crippen MR) is 144 cm³/mol. The lowest BCUT2D eigenvalue weighted by Crippen LogP contribution is -2.32. The van der Waals surface area contributed by atoms with Crippen LogP contribution in [0.5, 0.6) is 5.75 Å². The van der Waals surface area contributed by atoms with E-state index in [-0.39, 0.29) is 22.3 Å². The van der Waals surface area contributed by atoms with Gasteiger partial charge in [0.1, 0.15) is 5.75 Å². The van der Waals surface area contributed by atoms with Crippen LogP contribution in [-0.2, 0) is 6.42 Å². The number of nitrogens with zero attached hydrogens (tertiary/aromatic N) is 1. The average molecular weight is 462 g/mol. The number of benzene rings is 1. The van der Waals surface area contributed by atoms with Crippen LogP contribution >= 0.6 is 0 Å². The van der Waals surface area contributed by atoms with Crippen LogP contribution in [0.15, 0.2) is 42.0 Å². The molecule has 182 valence electrons. The van der Waals surface area contributed by atoms with Crippen molar-refractivity contribution in [3.05, 3.63) is 64.1 Å². The zero-order chi connectivity index (χ0) is 25.4. The number of methoxy groups -OCH3 is 1. The molecule has 1 aliphatic rings. The molecule has 1 atom stereocenters. The highest BCUT2D eigenvalue weighted by Gasteiger charge is 2.33. The molecule has 1 aromatic heterocycles. The van der Waals surface area contributed by atoms with Gasteiger partial charge in [-0.1, -0.05) is 48.1 Å². The number of rotatable bonds is 6. The molecule has 1 aromatic carbocycles. The summed E-state index contributed by atoms with van der Waals surface area (Å²) in [6, 6.07) is 6.04. The summed E-state index contributed by atoms with van der Waals surface area (Å²) in [4.78, 5) is 12.9. The number of allylic oxidation sites excluding steroid dienone is 2. The number of pyridine rings is 1. The van der Waals surface area contributed by atoms with E-state index in [2.05, 4.69) is 64.1 Å². The summed E-state index contributed by atoms with van der Waals surface area (Å²) in [7, 11) is 1.65. The topological polar surface area (TPSA) is 67.1 Å². The van der Waals surface area contributed by atoms with Crippen molar-refractivity contribution in [1.29, 1.82) is 5.41 Å². The molecule has 0 radical (unpaired) electrons. The third-order valence-corrected chi connectivity index (χ3v) is 6.35. The van der Waals surface area contributed by atoms with Gasteiger partial charge in [-0.05, 0) is 47.4 Å². The van der Waals surface area contributed by atoms with Crippen LogP contribution in [-0.4, -0.2) is 24.4 Å². The maximum atomic E-state index is 12.9. The van der Waals surface area contributed by atoms with E-state index in [9.17, 15) is 4.79 Å². The van der Waals surface area contributed by atoms with Gasteiger partial charge in [-0.15, -0.1) is 0 Å². The molecule has 1 unspecified atom stereocenters. The molecular weight excluding hydrogens is 422 g/mol. The molecule has 0 bridgehead atoms. The summed E-state index contributed by atoms with van der Waals surface area (Å²) in [5.74, 6) is 0.684. The first-order valence-corrected chi connectivity index (χ1v) is 11.8. The van der Waals surface area contributed by atoms with Crippen molar-refractivity contribution in [1.82, 2.24) is 9.88 Å². The van der Waals surface area contributed by atoms with E-state index in [1.807, 2.05) is 25.4 Å².